The lowest BCUT2D eigenvalue weighted by Gasteiger charge is -2.16. The third-order valence-corrected chi connectivity index (χ3v) is 13.6. The lowest BCUT2D eigenvalue weighted by Crippen LogP contribution is -2.02. The molecular weight excluding hydrogens is 829 g/mol. The molecule has 14 rings (SSSR count). The normalized spacial score (nSPS) is 11.8. The lowest BCUT2D eigenvalue weighted by molar-refractivity contribution is 1.09. The first-order chi connectivity index (χ1) is 33.7. The topological polar surface area (TPSA) is 61.4 Å². The van der Waals surface area contributed by atoms with Crippen LogP contribution in [0, 0.1) is 0 Å². The van der Waals surface area contributed by atoms with Crippen LogP contribution in [0.3, 0.4) is 0 Å². The van der Waals surface area contributed by atoms with Crippen LogP contribution in [0.2, 0.25) is 0 Å². The van der Waals surface area contributed by atoms with E-state index in [9.17, 15) is 0 Å². The highest BCUT2D eigenvalue weighted by atomic mass is 15.1. The Morgan fingerprint density at radius 3 is 1.28 bits per heavy atom. The van der Waals surface area contributed by atoms with Gasteiger partial charge in [-0.1, -0.05) is 152 Å². The fraction of sp³-hybridized carbons (Fsp3) is 0. The highest BCUT2D eigenvalue weighted by Crippen LogP contribution is 2.40. The Bertz CT molecular complexity index is 4040. The van der Waals surface area contributed by atoms with E-state index >= 15 is 0 Å². The maximum atomic E-state index is 5.37. The average molecular weight is 867 g/mol. The fourth-order valence-electron chi connectivity index (χ4n) is 10.5. The van der Waals surface area contributed by atoms with Crippen molar-refractivity contribution in [1.82, 2.24) is 29.1 Å². The molecule has 0 amide bonds. The number of pyridine rings is 2. The molecule has 0 fully saturated rings. The summed E-state index contributed by atoms with van der Waals surface area (Å²) in [4.78, 5) is 20.6. The maximum Gasteiger partial charge on any atom is 0.160 e. The first kappa shape index (κ1) is 38.1. The van der Waals surface area contributed by atoms with E-state index in [-0.39, 0.29) is 0 Å². The molecule has 0 aliphatic rings. The molecule has 5 heterocycles. The number of benzene rings is 9. The Balaban J connectivity index is 0.965. The van der Waals surface area contributed by atoms with Crippen molar-refractivity contribution < 1.29 is 0 Å². The van der Waals surface area contributed by atoms with Crippen LogP contribution in [-0.2, 0) is 0 Å². The van der Waals surface area contributed by atoms with E-state index in [1.165, 1.54) is 37.9 Å². The van der Waals surface area contributed by atoms with Crippen LogP contribution < -0.4 is 0 Å². The van der Waals surface area contributed by atoms with Crippen molar-refractivity contribution >= 4 is 76.2 Å². The second-order valence-corrected chi connectivity index (χ2v) is 17.4. The maximum absolute atomic E-state index is 5.37. The predicted molar refractivity (Wildman–Crippen MR) is 281 cm³/mol. The molecule has 0 saturated carbocycles. The van der Waals surface area contributed by atoms with Crippen LogP contribution in [0.15, 0.2) is 231 Å². The quantitative estimate of drug-likeness (QED) is 0.156. The Morgan fingerprint density at radius 1 is 0.265 bits per heavy atom. The standard InChI is InChI=1S/C62H38N6/c1-2-14-41(15-3-1)60-65-56(40-28-26-39(27-29-40)42-30-31-50-48-18-5-4-16-46(48)47-17-6-7-19-49(47)55(50)36-42)38-57(66-60)43-34-44(67-58-24-10-8-20-51(58)53-22-12-32-63-61(53)67)37-45(35-43)68-59-25-11-9-21-52(59)54-23-13-33-64-62(54)68/h1-38H. The number of fused-ring (bicyclic) bond motifs is 12. The van der Waals surface area contributed by atoms with Crippen LogP contribution in [0.25, 0.3) is 133 Å². The highest BCUT2D eigenvalue weighted by molar-refractivity contribution is 6.25. The van der Waals surface area contributed by atoms with E-state index in [0.717, 1.165) is 88.9 Å². The second-order valence-electron chi connectivity index (χ2n) is 17.4. The largest absolute Gasteiger partial charge is 0.294 e. The Hall–Kier alpha value is -9.26. The van der Waals surface area contributed by atoms with Crippen molar-refractivity contribution in [1.29, 1.82) is 0 Å². The number of aromatic nitrogens is 6. The van der Waals surface area contributed by atoms with Crippen LogP contribution in [-0.4, -0.2) is 29.1 Å². The fourth-order valence-corrected chi connectivity index (χ4v) is 10.5. The number of para-hydroxylation sites is 2. The second kappa shape index (κ2) is 15.2. The average Bonchev–Trinajstić information content (AvgIpc) is 3.94. The molecule has 6 nitrogen and oxygen atoms in total. The van der Waals surface area contributed by atoms with Gasteiger partial charge in [0.1, 0.15) is 11.3 Å². The van der Waals surface area contributed by atoms with Crippen LogP contribution >= 0.6 is 0 Å². The summed E-state index contributed by atoms with van der Waals surface area (Å²) in [5, 5.41) is 12.1. The van der Waals surface area contributed by atoms with E-state index in [1.54, 1.807) is 0 Å². The minimum absolute atomic E-state index is 0.653. The van der Waals surface area contributed by atoms with E-state index in [0.29, 0.717) is 5.82 Å². The van der Waals surface area contributed by atoms with Crippen LogP contribution in [0.1, 0.15) is 0 Å². The summed E-state index contributed by atoms with van der Waals surface area (Å²) >= 11 is 0. The Labute approximate surface area is 390 Å². The van der Waals surface area contributed by atoms with E-state index in [4.69, 9.17) is 19.9 Å². The van der Waals surface area contributed by atoms with Gasteiger partial charge in [0.2, 0.25) is 0 Å². The first-order valence-electron chi connectivity index (χ1n) is 22.9. The number of hydrogen-bond acceptors (Lipinski definition) is 4. The number of hydrogen-bond donors (Lipinski definition) is 0. The molecule has 0 N–H and O–H groups in total. The Morgan fingerprint density at radius 2 is 0.706 bits per heavy atom. The van der Waals surface area contributed by atoms with Crippen molar-refractivity contribution in [3.63, 3.8) is 0 Å². The molecule has 6 heteroatoms. The van der Waals surface area contributed by atoms with Gasteiger partial charge in [-0.25, -0.2) is 19.9 Å². The van der Waals surface area contributed by atoms with Crippen molar-refractivity contribution in [3.8, 4) is 56.4 Å². The molecule has 68 heavy (non-hydrogen) atoms. The van der Waals surface area contributed by atoms with Crippen molar-refractivity contribution in [2.45, 2.75) is 0 Å². The molecule has 14 aromatic rings. The van der Waals surface area contributed by atoms with E-state index < -0.39 is 0 Å². The summed E-state index contributed by atoms with van der Waals surface area (Å²) < 4.78 is 4.55. The van der Waals surface area contributed by atoms with Gasteiger partial charge in [0.05, 0.1) is 33.8 Å². The van der Waals surface area contributed by atoms with Gasteiger partial charge in [0.15, 0.2) is 5.82 Å². The first-order valence-corrected chi connectivity index (χ1v) is 22.9. The zero-order chi connectivity index (χ0) is 44.7. The summed E-state index contributed by atoms with van der Waals surface area (Å²) in [5.74, 6) is 0.653. The molecule has 0 atom stereocenters. The molecule has 0 radical (unpaired) electrons. The molecular formula is C62H38N6. The zero-order valence-electron chi connectivity index (χ0n) is 36.6. The molecule has 0 spiro atoms. The third-order valence-electron chi connectivity index (χ3n) is 13.6. The van der Waals surface area contributed by atoms with Gasteiger partial charge in [-0.15, -0.1) is 0 Å². The Kier molecular flexibility index (Phi) is 8.48. The number of nitrogens with zero attached hydrogens (tertiary/aromatic N) is 6. The lowest BCUT2D eigenvalue weighted by atomic mass is 9.92. The molecule has 0 unspecified atom stereocenters. The molecule has 5 aromatic heterocycles. The van der Waals surface area contributed by atoms with Crippen LogP contribution in [0.5, 0.6) is 0 Å². The minimum atomic E-state index is 0.653. The summed E-state index contributed by atoms with van der Waals surface area (Å²) in [5.41, 5.74) is 12.7. The van der Waals surface area contributed by atoms with E-state index in [1.807, 2.05) is 42.7 Å². The summed E-state index contributed by atoms with van der Waals surface area (Å²) in [6.45, 7) is 0. The highest BCUT2D eigenvalue weighted by Gasteiger charge is 2.20. The van der Waals surface area contributed by atoms with Crippen molar-refractivity contribution in [3.05, 3.63) is 231 Å². The van der Waals surface area contributed by atoms with Gasteiger partial charge in [-0.3, -0.25) is 9.13 Å². The summed E-state index contributed by atoms with van der Waals surface area (Å²) in [6, 6.07) is 77.7. The molecule has 0 aliphatic heterocycles. The predicted octanol–water partition coefficient (Wildman–Crippen LogP) is 15.6. The number of rotatable bonds is 6. The van der Waals surface area contributed by atoms with Crippen molar-refractivity contribution in [2.75, 3.05) is 0 Å². The van der Waals surface area contributed by atoms with E-state index in [2.05, 4.69) is 197 Å². The van der Waals surface area contributed by atoms with Gasteiger partial charge in [-0.05, 0) is 110 Å². The zero-order valence-corrected chi connectivity index (χ0v) is 36.6. The van der Waals surface area contributed by atoms with Gasteiger partial charge < -0.3 is 0 Å². The molecule has 0 saturated heterocycles. The van der Waals surface area contributed by atoms with Crippen molar-refractivity contribution in [2.24, 2.45) is 0 Å². The van der Waals surface area contributed by atoms with Gasteiger partial charge >= 0.3 is 0 Å². The van der Waals surface area contributed by atoms with Gasteiger partial charge in [0, 0.05) is 50.6 Å². The molecule has 9 aromatic carbocycles. The smallest absolute Gasteiger partial charge is 0.160 e. The summed E-state index contributed by atoms with van der Waals surface area (Å²) in [7, 11) is 0. The molecule has 0 bridgehead atoms. The third kappa shape index (κ3) is 5.98. The molecule has 0 aliphatic carbocycles. The monoisotopic (exact) mass is 866 g/mol. The molecule has 316 valence electrons. The van der Waals surface area contributed by atoms with Gasteiger partial charge in [-0.2, -0.15) is 0 Å². The van der Waals surface area contributed by atoms with Gasteiger partial charge in [0.25, 0.3) is 0 Å². The minimum Gasteiger partial charge on any atom is -0.294 e. The van der Waals surface area contributed by atoms with Crippen LogP contribution in [0.4, 0.5) is 0 Å². The summed E-state index contributed by atoms with van der Waals surface area (Å²) in [6.07, 6.45) is 3.74. The SMILES string of the molecule is c1ccc(-c2nc(-c3ccc(-c4ccc5c6ccccc6c6ccccc6c5c4)cc3)cc(-c3cc(-n4c5ccccc5c5cccnc54)cc(-n4c5ccccc5c5cccnc54)c3)n2)cc1.